The molecular weight excluding hydrogens is 170 g/mol. The number of aromatic nitrogens is 1. The first-order valence-electron chi connectivity index (χ1n) is 5.32. The van der Waals surface area contributed by atoms with Gasteiger partial charge in [-0.15, -0.1) is 0 Å². The van der Waals surface area contributed by atoms with Gasteiger partial charge in [-0.1, -0.05) is 30.3 Å². The Bertz CT molecular complexity index is 451. The number of nitrogens with zero attached hydrogens (tertiary/aromatic N) is 1. The fraction of sp³-hybridized carbons (Fsp3) is 0.154. The minimum Gasteiger partial charge on any atom is -0.256 e. The molecule has 2 rings (SSSR count). The molecule has 0 saturated heterocycles. The molecule has 0 fully saturated rings. The second kappa shape index (κ2) is 3.62. The molecule has 0 bridgehead atoms. The van der Waals surface area contributed by atoms with Gasteiger partial charge in [0.15, 0.2) is 0 Å². The van der Waals surface area contributed by atoms with Gasteiger partial charge in [-0.2, -0.15) is 0 Å². The Morgan fingerprint density at radius 3 is 2.57 bits per heavy atom. The van der Waals surface area contributed by atoms with Gasteiger partial charge in [-0.3, -0.25) is 4.98 Å². The second-order valence-electron chi connectivity index (χ2n) is 3.36. The van der Waals surface area contributed by atoms with Crippen molar-refractivity contribution in [1.82, 2.24) is 4.98 Å². The second-order valence-corrected chi connectivity index (χ2v) is 3.36. The van der Waals surface area contributed by atoms with Crippen LogP contribution < -0.4 is 0 Å². The van der Waals surface area contributed by atoms with Gasteiger partial charge in [0.1, 0.15) is 0 Å². The summed E-state index contributed by atoms with van der Waals surface area (Å²) in [7, 11) is 0. The average molecular weight is 184 g/mol. The van der Waals surface area contributed by atoms with Gasteiger partial charge in [-0.05, 0) is 31.0 Å². The predicted molar refractivity (Wildman–Crippen MR) is 59.1 cm³/mol. The Balaban J connectivity index is 2.43. The van der Waals surface area contributed by atoms with Gasteiger partial charge in [-0.25, -0.2) is 0 Å². The first kappa shape index (κ1) is 7.74. The number of hydrogen-bond donors (Lipinski definition) is 0. The fourth-order valence-corrected chi connectivity index (χ4v) is 1.35. The molecule has 14 heavy (non-hydrogen) atoms. The van der Waals surface area contributed by atoms with Gasteiger partial charge < -0.3 is 0 Å². The lowest BCUT2D eigenvalue weighted by molar-refractivity contribution is 1.22. The maximum absolute atomic E-state index is 7.32. The topological polar surface area (TPSA) is 12.9 Å². The Labute approximate surface area is 85.8 Å². The Kier molecular flexibility index (Phi) is 2.00. The summed E-state index contributed by atoms with van der Waals surface area (Å²) in [6.45, 7) is 2.33. The number of rotatable bonds is 1. The van der Waals surface area contributed by atoms with E-state index >= 15 is 0 Å². The van der Waals surface area contributed by atoms with Gasteiger partial charge >= 0.3 is 0 Å². The molecule has 0 aliphatic heterocycles. The number of benzene rings is 1. The Hall–Kier alpha value is -1.63. The summed E-state index contributed by atoms with van der Waals surface area (Å²) in [6.07, 6.45) is 1.80. The van der Waals surface area contributed by atoms with Crippen molar-refractivity contribution in [2.45, 2.75) is 13.8 Å². The molecule has 0 aliphatic rings. The van der Waals surface area contributed by atoms with Crippen molar-refractivity contribution in [3.63, 3.8) is 0 Å². The standard InChI is InChI=1S/C13H13N/c1-10-8-13(14-9-11(10)2)12-6-4-3-5-7-12/h3-9H,1-2H3/i2D. The lowest BCUT2D eigenvalue weighted by Crippen LogP contribution is -1.87. The SMILES string of the molecule is [2H]Cc1cnc(-c2ccccc2)cc1C. The summed E-state index contributed by atoms with van der Waals surface area (Å²) in [5, 5.41) is 0. The first-order chi connectivity index (χ1) is 7.31. The Morgan fingerprint density at radius 2 is 1.93 bits per heavy atom. The first-order valence-corrected chi connectivity index (χ1v) is 4.61. The molecule has 0 saturated carbocycles. The third kappa shape index (κ3) is 1.67. The zero-order chi connectivity index (χ0) is 10.7. The summed E-state index contributed by atoms with van der Waals surface area (Å²) in [5.74, 6) is 0. The number of aryl methyl sites for hydroxylation is 2. The van der Waals surface area contributed by atoms with Crippen LogP contribution in [0.2, 0.25) is 0 Å². The van der Waals surface area contributed by atoms with Crippen LogP contribution in [-0.2, 0) is 0 Å². The highest BCUT2D eigenvalue weighted by atomic mass is 14.7. The minimum atomic E-state index is 0.300. The lowest BCUT2D eigenvalue weighted by atomic mass is 10.1. The molecule has 2 aromatic rings. The molecule has 1 nitrogen and oxygen atoms in total. The van der Waals surface area contributed by atoms with Crippen molar-refractivity contribution in [1.29, 1.82) is 0 Å². The van der Waals surface area contributed by atoms with Gasteiger partial charge in [0, 0.05) is 13.1 Å². The van der Waals surface area contributed by atoms with E-state index in [0.717, 1.165) is 22.4 Å². The maximum Gasteiger partial charge on any atom is 0.0704 e. The normalized spacial score (nSPS) is 11.1. The molecular formula is C13H13N. The van der Waals surface area contributed by atoms with Gasteiger partial charge in [0.25, 0.3) is 0 Å². The van der Waals surface area contributed by atoms with E-state index in [1.807, 2.05) is 43.3 Å². The largest absolute Gasteiger partial charge is 0.256 e. The molecule has 1 aromatic heterocycles. The van der Waals surface area contributed by atoms with Crippen LogP contribution in [0.25, 0.3) is 11.3 Å². The zero-order valence-electron chi connectivity index (χ0n) is 9.20. The van der Waals surface area contributed by atoms with E-state index in [1.165, 1.54) is 0 Å². The summed E-state index contributed by atoms with van der Waals surface area (Å²) in [6, 6.07) is 12.1. The zero-order valence-corrected chi connectivity index (χ0v) is 8.20. The molecule has 0 spiro atoms. The van der Waals surface area contributed by atoms with Gasteiger partial charge in [0.05, 0.1) is 5.69 Å². The van der Waals surface area contributed by atoms with Crippen LogP contribution in [0, 0.1) is 13.8 Å². The van der Waals surface area contributed by atoms with E-state index in [-0.39, 0.29) is 0 Å². The van der Waals surface area contributed by atoms with Crippen molar-refractivity contribution in [3.05, 3.63) is 53.7 Å². The molecule has 1 heteroatoms. The van der Waals surface area contributed by atoms with E-state index in [0.29, 0.717) is 6.90 Å². The Morgan fingerprint density at radius 1 is 1.14 bits per heavy atom. The third-order valence-electron chi connectivity index (χ3n) is 2.29. The summed E-state index contributed by atoms with van der Waals surface area (Å²) < 4.78 is 7.32. The van der Waals surface area contributed by atoms with Crippen LogP contribution in [0.1, 0.15) is 12.5 Å². The van der Waals surface area contributed by atoms with Crippen LogP contribution in [0.3, 0.4) is 0 Å². The highest BCUT2D eigenvalue weighted by Gasteiger charge is 1.99. The molecule has 1 heterocycles. The summed E-state index contributed by atoms with van der Waals surface area (Å²) in [5.41, 5.74) is 4.23. The molecule has 0 N–H and O–H groups in total. The van der Waals surface area contributed by atoms with Crippen molar-refractivity contribution in [2.75, 3.05) is 0 Å². The summed E-state index contributed by atoms with van der Waals surface area (Å²) in [4.78, 5) is 4.36. The smallest absolute Gasteiger partial charge is 0.0704 e. The van der Waals surface area contributed by atoms with Gasteiger partial charge in [0.2, 0.25) is 0 Å². The predicted octanol–water partition coefficient (Wildman–Crippen LogP) is 3.37. The van der Waals surface area contributed by atoms with Crippen LogP contribution in [0.5, 0.6) is 0 Å². The average Bonchev–Trinajstić information content (AvgIpc) is 2.30. The number of hydrogen-bond acceptors (Lipinski definition) is 1. The van der Waals surface area contributed by atoms with Crippen molar-refractivity contribution in [3.8, 4) is 11.3 Å². The van der Waals surface area contributed by atoms with Crippen molar-refractivity contribution >= 4 is 0 Å². The highest BCUT2D eigenvalue weighted by Crippen LogP contribution is 2.18. The van der Waals surface area contributed by atoms with Crippen LogP contribution in [0.15, 0.2) is 42.6 Å². The molecule has 0 aliphatic carbocycles. The lowest BCUT2D eigenvalue weighted by Gasteiger charge is -2.03. The molecule has 0 atom stereocenters. The van der Waals surface area contributed by atoms with Crippen LogP contribution >= 0.6 is 0 Å². The molecule has 0 unspecified atom stereocenters. The van der Waals surface area contributed by atoms with Crippen LogP contribution in [0.4, 0.5) is 0 Å². The quantitative estimate of drug-likeness (QED) is 0.662. The minimum absolute atomic E-state index is 0.300. The van der Waals surface area contributed by atoms with E-state index in [4.69, 9.17) is 1.37 Å². The van der Waals surface area contributed by atoms with E-state index in [1.54, 1.807) is 6.20 Å². The highest BCUT2D eigenvalue weighted by molar-refractivity contribution is 5.59. The van der Waals surface area contributed by atoms with E-state index < -0.39 is 0 Å². The van der Waals surface area contributed by atoms with Crippen molar-refractivity contribution in [2.24, 2.45) is 0 Å². The molecule has 70 valence electrons. The fourth-order valence-electron chi connectivity index (χ4n) is 1.35. The molecule has 0 amide bonds. The maximum atomic E-state index is 7.32. The molecule has 1 aromatic carbocycles. The molecule has 0 radical (unpaired) electrons. The van der Waals surface area contributed by atoms with E-state index in [9.17, 15) is 0 Å². The number of pyridine rings is 1. The summed E-state index contributed by atoms with van der Waals surface area (Å²) >= 11 is 0. The van der Waals surface area contributed by atoms with E-state index in [2.05, 4.69) is 4.98 Å². The van der Waals surface area contributed by atoms with Crippen LogP contribution in [-0.4, -0.2) is 4.98 Å². The monoisotopic (exact) mass is 184 g/mol. The van der Waals surface area contributed by atoms with Crippen molar-refractivity contribution < 1.29 is 1.37 Å². The third-order valence-corrected chi connectivity index (χ3v) is 2.29.